The zero-order valence-corrected chi connectivity index (χ0v) is 12.5. The number of sulfone groups is 1. The van der Waals surface area contributed by atoms with Crippen molar-refractivity contribution in [1.82, 2.24) is 9.97 Å². The third-order valence-electron chi connectivity index (χ3n) is 2.61. The van der Waals surface area contributed by atoms with Crippen molar-refractivity contribution < 1.29 is 8.42 Å². The molecule has 1 rings (SSSR count). The highest BCUT2D eigenvalue weighted by molar-refractivity contribution is 7.91. The summed E-state index contributed by atoms with van der Waals surface area (Å²) in [6, 6.07) is 1.79. The molecule has 0 saturated carbocycles. The van der Waals surface area contributed by atoms with Gasteiger partial charge in [0.05, 0.1) is 5.75 Å². The maximum Gasteiger partial charge on any atom is 0.151 e. The van der Waals surface area contributed by atoms with Crippen molar-refractivity contribution in [3.63, 3.8) is 0 Å². The van der Waals surface area contributed by atoms with Crippen LogP contribution in [0.2, 0.25) is 0 Å². The maximum atomic E-state index is 11.4. The van der Waals surface area contributed by atoms with E-state index in [9.17, 15) is 8.42 Å². The fourth-order valence-electron chi connectivity index (χ4n) is 1.50. The first-order valence-electron chi connectivity index (χ1n) is 6.56. The van der Waals surface area contributed by atoms with Gasteiger partial charge in [-0.05, 0) is 6.92 Å². The molecule has 0 aliphatic heterocycles. The van der Waals surface area contributed by atoms with Crippen LogP contribution in [0.4, 0.5) is 11.6 Å². The van der Waals surface area contributed by atoms with Gasteiger partial charge in [-0.2, -0.15) is 0 Å². The number of nitrogens with one attached hydrogen (secondary N) is 2. The first-order chi connectivity index (χ1) is 9.00. The number of aryl methyl sites for hydroxylation is 1. The quantitative estimate of drug-likeness (QED) is 0.750. The fourth-order valence-corrected chi connectivity index (χ4v) is 2.20. The Labute approximate surface area is 115 Å². The Balaban J connectivity index is 2.69. The Bertz CT molecular complexity index is 502. The molecule has 108 valence electrons. The minimum absolute atomic E-state index is 0.117. The molecule has 0 atom stereocenters. The summed E-state index contributed by atoms with van der Waals surface area (Å²) in [4.78, 5) is 8.66. The standard InChI is InChI=1S/C12H22N4O2S/c1-4-10-15-11(13-5-2)9-12(16-10)14-7-8-19(17,18)6-3/h9H,4-8H2,1-3H3,(H2,13,14,15,16). The average molecular weight is 286 g/mol. The Kier molecular flexibility index (Phi) is 6.01. The van der Waals surface area contributed by atoms with E-state index in [-0.39, 0.29) is 11.5 Å². The number of anilines is 2. The Morgan fingerprint density at radius 3 is 2.26 bits per heavy atom. The molecule has 6 nitrogen and oxygen atoms in total. The van der Waals surface area contributed by atoms with Crippen molar-refractivity contribution in [3.8, 4) is 0 Å². The molecule has 0 fully saturated rings. The molecule has 0 bridgehead atoms. The Morgan fingerprint density at radius 1 is 1.11 bits per heavy atom. The first-order valence-corrected chi connectivity index (χ1v) is 8.39. The zero-order valence-electron chi connectivity index (χ0n) is 11.7. The minimum atomic E-state index is -2.95. The number of aromatic nitrogens is 2. The van der Waals surface area contributed by atoms with Gasteiger partial charge in [0.1, 0.15) is 17.5 Å². The van der Waals surface area contributed by atoms with E-state index < -0.39 is 9.84 Å². The fraction of sp³-hybridized carbons (Fsp3) is 0.667. The lowest BCUT2D eigenvalue weighted by Gasteiger charge is -2.10. The van der Waals surface area contributed by atoms with Gasteiger partial charge in [-0.3, -0.25) is 0 Å². The van der Waals surface area contributed by atoms with Crippen molar-refractivity contribution in [2.75, 3.05) is 35.2 Å². The molecule has 2 N–H and O–H groups in total. The summed E-state index contributed by atoms with van der Waals surface area (Å²) in [5.41, 5.74) is 0. The third-order valence-corrected chi connectivity index (χ3v) is 4.31. The monoisotopic (exact) mass is 286 g/mol. The van der Waals surface area contributed by atoms with Crippen LogP contribution in [0.25, 0.3) is 0 Å². The molecule has 0 aromatic carbocycles. The predicted molar refractivity (Wildman–Crippen MR) is 78.4 cm³/mol. The van der Waals surface area contributed by atoms with Crippen molar-refractivity contribution in [2.24, 2.45) is 0 Å². The normalized spacial score (nSPS) is 11.3. The van der Waals surface area contributed by atoms with E-state index in [2.05, 4.69) is 20.6 Å². The highest BCUT2D eigenvalue weighted by Crippen LogP contribution is 2.11. The van der Waals surface area contributed by atoms with Crippen LogP contribution in [0.5, 0.6) is 0 Å². The van der Waals surface area contributed by atoms with Crippen LogP contribution in [-0.4, -0.2) is 43.0 Å². The second-order valence-electron chi connectivity index (χ2n) is 4.10. The summed E-state index contributed by atoms with van der Waals surface area (Å²) < 4.78 is 22.8. The molecule has 0 aliphatic rings. The van der Waals surface area contributed by atoms with Gasteiger partial charge < -0.3 is 10.6 Å². The molecule has 0 aliphatic carbocycles. The summed E-state index contributed by atoms with van der Waals surface area (Å²) in [7, 11) is -2.95. The summed E-state index contributed by atoms with van der Waals surface area (Å²) >= 11 is 0. The van der Waals surface area contributed by atoms with Crippen molar-refractivity contribution in [3.05, 3.63) is 11.9 Å². The van der Waals surface area contributed by atoms with Crippen molar-refractivity contribution in [1.29, 1.82) is 0 Å². The van der Waals surface area contributed by atoms with Crippen LogP contribution in [0.1, 0.15) is 26.6 Å². The van der Waals surface area contributed by atoms with Gasteiger partial charge in [-0.1, -0.05) is 13.8 Å². The van der Waals surface area contributed by atoms with Crippen LogP contribution < -0.4 is 10.6 Å². The van der Waals surface area contributed by atoms with Gasteiger partial charge in [0.2, 0.25) is 0 Å². The van der Waals surface area contributed by atoms with Crippen LogP contribution in [0.15, 0.2) is 6.07 Å². The van der Waals surface area contributed by atoms with Crippen molar-refractivity contribution in [2.45, 2.75) is 27.2 Å². The summed E-state index contributed by atoms with van der Waals surface area (Å²) in [5.74, 6) is 2.44. The lowest BCUT2D eigenvalue weighted by Crippen LogP contribution is -2.18. The lowest BCUT2D eigenvalue weighted by atomic mass is 10.4. The van der Waals surface area contributed by atoms with E-state index in [0.29, 0.717) is 12.4 Å². The third kappa shape index (κ3) is 5.42. The Morgan fingerprint density at radius 2 is 1.74 bits per heavy atom. The smallest absolute Gasteiger partial charge is 0.151 e. The van der Waals surface area contributed by atoms with Gasteiger partial charge in [-0.25, -0.2) is 18.4 Å². The maximum absolute atomic E-state index is 11.4. The molecule has 1 aromatic rings. The first kappa shape index (κ1) is 15.7. The molecule has 0 radical (unpaired) electrons. The van der Waals surface area contributed by atoms with E-state index in [1.807, 2.05) is 13.8 Å². The van der Waals surface area contributed by atoms with Gasteiger partial charge in [0.15, 0.2) is 9.84 Å². The molecule has 7 heteroatoms. The Hall–Kier alpha value is -1.37. The number of nitrogens with zero attached hydrogens (tertiary/aromatic N) is 2. The largest absolute Gasteiger partial charge is 0.370 e. The van der Waals surface area contributed by atoms with Gasteiger partial charge >= 0.3 is 0 Å². The molecular weight excluding hydrogens is 264 g/mol. The predicted octanol–water partition coefficient (Wildman–Crippen LogP) is 1.32. The molecule has 1 aromatic heterocycles. The van der Waals surface area contributed by atoms with Crippen molar-refractivity contribution >= 4 is 21.5 Å². The summed E-state index contributed by atoms with van der Waals surface area (Å²) in [6.45, 7) is 6.77. The lowest BCUT2D eigenvalue weighted by molar-refractivity contribution is 0.597. The number of hydrogen-bond acceptors (Lipinski definition) is 6. The second-order valence-corrected chi connectivity index (χ2v) is 6.57. The summed E-state index contributed by atoms with van der Waals surface area (Å²) in [5, 5.41) is 6.17. The number of hydrogen-bond donors (Lipinski definition) is 2. The van der Waals surface area contributed by atoms with Crippen LogP contribution in [-0.2, 0) is 16.3 Å². The average Bonchev–Trinajstić information content (AvgIpc) is 2.38. The second kappa shape index (κ2) is 7.28. The molecule has 0 unspecified atom stereocenters. The SMILES string of the molecule is CCNc1cc(NCCS(=O)(=O)CC)nc(CC)n1. The highest BCUT2D eigenvalue weighted by atomic mass is 32.2. The van der Waals surface area contributed by atoms with Gasteiger partial charge in [-0.15, -0.1) is 0 Å². The molecular formula is C12H22N4O2S. The van der Waals surface area contributed by atoms with Crippen LogP contribution in [0, 0.1) is 0 Å². The molecule has 0 spiro atoms. The molecule has 0 amide bonds. The van der Waals surface area contributed by atoms with E-state index in [1.165, 1.54) is 0 Å². The van der Waals surface area contributed by atoms with E-state index in [1.54, 1.807) is 13.0 Å². The van der Waals surface area contributed by atoms with Crippen LogP contribution >= 0.6 is 0 Å². The topological polar surface area (TPSA) is 84.0 Å². The highest BCUT2D eigenvalue weighted by Gasteiger charge is 2.08. The van der Waals surface area contributed by atoms with Gasteiger partial charge in [0.25, 0.3) is 0 Å². The minimum Gasteiger partial charge on any atom is -0.370 e. The summed E-state index contributed by atoms with van der Waals surface area (Å²) in [6.07, 6.45) is 0.737. The van der Waals surface area contributed by atoms with E-state index >= 15 is 0 Å². The zero-order chi connectivity index (χ0) is 14.3. The van der Waals surface area contributed by atoms with E-state index in [0.717, 1.165) is 24.6 Å². The van der Waals surface area contributed by atoms with Gasteiger partial charge in [0, 0.05) is 31.3 Å². The molecule has 0 saturated heterocycles. The molecule has 19 heavy (non-hydrogen) atoms. The van der Waals surface area contributed by atoms with Crippen LogP contribution in [0.3, 0.4) is 0 Å². The van der Waals surface area contributed by atoms with E-state index in [4.69, 9.17) is 0 Å². The molecule has 1 heterocycles. The number of rotatable bonds is 8.